The van der Waals surface area contributed by atoms with E-state index in [-0.39, 0.29) is 11.6 Å². The van der Waals surface area contributed by atoms with Crippen molar-refractivity contribution in [2.75, 3.05) is 10.2 Å². The largest absolute Gasteiger partial charge is 0.501 e. The lowest BCUT2D eigenvalue weighted by molar-refractivity contribution is -0.119. The molecule has 2 unspecified atom stereocenters. The van der Waals surface area contributed by atoms with Crippen LogP contribution >= 0.6 is 0 Å². The first-order valence-electron chi connectivity index (χ1n) is 12.0. The molecule has 1 spiro atoms. The molecule has 0 bridgehead atoms. The van der Waals surface area contributed by atoms with Gasteiger partial charge in [-0.1, -0.05) is 30.3 Å². The van der Waals surface area contributed by atoms with Crippen LogP contribution in [0.3, 0.4) is 0 Å². The molecule has 14 heteroatoms. The van der Waals surface area contributed by atoms with Crippen molar-refractivity contribution in [3.05, 3.63) is 84.1 Å². The van der Waals surface area contributed by atoms with Gasteiger partial charge in [-0.25, -0.2) is 27.9 Å². The minimum absolute atomic E-state index is 0.0527. The molecule has 5 amide bonds. The van der Waals surface area contributed by atoms with E-state index >= 15 is 0 Å². The summed E-state index contributed by atoms with van der Waals surface area (Å²) in [6.45, 7) is 0.329. The molecule has 2 aromatic carbocycles. The Morgan fingerprint density at radius 2 is 1.75 bits per heavy atom. The fourth-order valence-corrected chi connectivity index (χ4v) is 5.38. The highest BCUT2D eigenvalue weighted by molar-refractivity contribution is 7.92. The average Bonchev–Trinajstić information content (AvgIpc) is 3.53. The molecule has 0 radical (unpaired) electrons. The molecular formula is C26H22F3N5O5S. The van der Waals surface area contributed by atoms with Crippen LogP contribution < -0.4 is 20.9 Å². The summed E-state index contributed by atoms with van der Waals surface area (Å²) in [5.74, 6) is -0.558. The summed E-state index contributed by atoms with van der Waals surface area (Å²) >= 11 is 0. The van der Waals surface area contributed by atoms with E-state index in [0.29, 0.717) is 37.3 Å². The lowest BCUT2D eigenvalue weighted by atomic mass is 10.1. The van der Waals surface area contributed by atoms with Gasteiger partial charge in [0.2, 0.25) is 0 Å². The monoisotopic (exact) mass is 573 g/mol. The van der Waals surface area contributed by atoms with Gasteiger partial charge in [-0.2, -0.15) is 13.2 Å². The second-order valence-electron chi connectivity index (χ2n) is 9.43. The summed E-state index contributed by atoms with van der Waals surface area (Å²) in [6.07, 6.45) is 2.22. The summed E-state index contributed by atoms with van der Waals surface area (Å²) in [4.78, 5) is 42.1. The van der Waals surface area contributed by atoms with Gasteiger partial charge in [0.1, 0.15) is 11.4 Å². The first kappa shape index (κ1) is 27.1. The number of carbonyl (C=O) groups is 3. The van der Waals surface area contributed by atoms with Gasteiger partial charge >= 0.3 is 17.6 Å². The molecule has 40 heavy (non-hydrogen) atoms. The first-order chi connectivity index (χ1) is 18.9. The smallest absolute Gasteiger partial charge is 0.334 e. The highest BCUT2D eigenvalue weighted by Crippen LogP contribution is 2.50. The minimum Gasteiger partial charge on any atom is -0.334 e. The molecule has 10 nitrogen and oxygen atoms in total. The van der Waals surface area contributed by atoms with E-state index in [4.69, 9.17) is 0 Å². The molecule has 2 aliphatic rings. The Kier molecular flexibility index (Phi) is 6.74. The summed E-state index contributed by atoms with van der Waals surface area (Å²) < 4.78 is 61.7. The van der Waals surface area contributed by atoms with E-state index in [1.165, 1.54) is 6.20 Å². The van der Waals surface area contributed by atoms with Crippen molar-refractivity contribution >= 4 is 39.3 Å². The first-order valence-corrected chi connectivity index (χ1v) is 13.5. The number of anilines is 2. The molecule has 5 rings (SSSR count). The number of pyridine rings is 1. The number of benzene rings is 2. The third kappa shape index (κ3) is 5.09. The van der Waals surface area contributed by atoms with Crippen molar-refractivity contribution in [1.82, 2.24) is 15.6 Å². The molecule has 1 saturated carbocycles. The SMILES string of the molecule is O=C(NCc1ccccc1)Nc1cc(CC2CC23NC(=O)N(c2ccc(S(=O)(=O)C(F)(F)F)cc2)C3=O)ccn1. The van der Waals surface area contributed by atoms with Crippen LogP contribution in [0.1, 0.15) is 17.5 Å². The molecule has 1 aromatic heterocycles. The standard InChI is InChI=1S/C26H22F3N5O5S/c27-26(28,29)40(38,39)20-8-6-19(7-9-20)34-22(35)25(33-24(34)37)14-18(25)12-17-10-11-30-21(13-17)32-23(36)31-15-16-4-2-1-3-5-16/h1-11,13,18H,12,14-15H2,(H,33,37)(H2,30,31,32,36). The minimum atomic E-state index is -5.56. The van der Waals surface area contributed by atoms with Crippen molar-refractivity contribution < 1.29 is 36.0 Å². The number of hydrogen-bond acceptors (Lipinski definition) is 6. The molecule has 2 atom stereocenters. The lowest BCUT2D eigenvalue weighted by Gasteiger charge is -2.14. The number of alkyl halides is 3. The van der Waals surface area contributed by atoms with Crippen molar-refractivity contribution in [2.45, 2.75) is 35.3 Å². The van der Waals surface area contributed by atoms with E-state index in [2.05, 4.69) is 20.9 Å². The zero-order chi connectivity index (χ0) is 28.7. The number of aromatic nitrogens is 1. The summed E-state index contributed by atoms with van der Waals surface area (Å²) in [5.41, 5.74) is -5.02. The van der Waals surface area contributed by atoms with Crippen LogP contribution in [-0.2, 0) is 27.6 Å². The van der Waals surface area contributed by atoms with E-state index in [9.17, 15) is 36.0 Å². The van der Waals surface area contributed by atoms with Gasteiger partial charge in [0.25, 0.3) is 15.7 Å². The van der Waals surface area contributed by atoms with Crippen molar-refractivity contribution in [3.8, 4) is 0 Å². The van der Waals surface area contributed by atoms with Crippen molar-refractivity contribution in [2.24, 2.45) is 5.92 Å². The Hall–Kier alpha value is -4.46. The highest BCUT2D eigenvalue weighted by atomic mass is 32.2. The third-order valence-corrected chi connectivity index (χ3v) is 8.28. The molecule has 3 N–H and O–H groups in total. The van der Waals surface area contributed by atoms with Gasteiger partial charge < -0.3 is 10.6 Å². The summed E-state index contributed by atoms with van der Waals surface area (Å²) in [6, 6.07) is 14.9. The molecule has 3 aromatic rings. The van der Waals surface area contributed by atoms with Crippen LogP contribution in [-0.4, -0.2) is 42.4 Å². The van der Waals surface area contributed by atoms with Crippen LogP contribution in [0.15, 0.2) is 77.8 Å². The van der Waals surface area contributed by atoms with Crippen molar-refractivity contribution in [3.63, 3.8) is 0 Å². The lowest BCUT2D eigenvalue weighted by Crippen LogP contribution is -2.35. The zero-order valence-corrected chi connectivity index (χ0v) is 21.4. The number of amides is 5. The summed E-state index contributed by atoms with van der Waals surface area (Å²) in [7, 11) is -5.56. The predicted octanol–water partition coefficient (Wildman–Crippen LogP) is 3.75. The number of halogens is 3. The van der Waals surface area contributed by atoms with Crippen LogP contribution in [0.5, 0.6) is 0 Å². The molecule has 1 saturated heterocycles. The highest BCUT2D eigenvalue weighted by Gasteiger charge is 2.67. The van der Waals surface area contributed by atoms with Crippen LogP contribution in [0.4, 0.5) is 34.3 Å². The van der Waals surface area contributed by atoms with Crippen molar-refractivity contribution in [1.29, 1.82) is 0 Å². The van der Waals surface area contributed by atoms with Gasteiger partial charge in [0, 0.05) is 12.7 Å². The van der Waals surface area contributed by atoms with Crippen LogP contribution in [0, 0.1) is 5.92 Å². The number of rotatable bonds is 7. The van der Waals surface area contributed by atoms with Crippen LogP contribution in [0.2, 0.25) is 0 Å². The predicted molar refractivity (Wildman–Crippen MR) is 137 cm³/mol. The molecule has 208 valence electrons. The maximum absolute atomic E-state index is 13.2. The Morgan fingerprint density at radius 3 is 2.42 bits per heavy atom. The fourth-order valence-electron chi connectivity index (χ4n) is 4.62. The van der Waals surface area contributed by atoms with Gasteiger partial charge in [-0.05, 0) is 66.3 Å². The maximum atomic E-state index is 13.2. The van der Waals surface area contributed by atoms with Gasteiger partial charge in [0.05, 0.1) is 10.6 Å². The molecular weight excluding hydrogens is 551 g/mol. The number of nitrogens with zero attached hydrogens (tertiary/aromatic N) is 2. The molecule has 2 fully saturated rings. The van der Waals surface area contributed by atoms with Gasteiger partial charge in [-0.3, -0.25) is 10.1 Å². The number of imide groups is 1. The van der Waals surface area contributed by atoms with E-state index < -0.39 is 43.7 Å². The second kappa shape index (κ2) is 9.93. The molecule has 1 aliphatic heterocycles. The van der Waals surface area contributed by atoms with E-state index in [0.717, 1.165) is 28.2 Å². The topological polar surface area (TPSA) is 138 Å². The second-order valence-corrected chi connectivity index (χ2v) is 11.4. The van der Waals surface area contributed by atoms with Gasteiger partial charge in [0.15, 0.2) is 0 Å². The van der Waals surface area contributed by atoms with Gasteiger partial charge in [-0.15, -0.1) is 0 Å². The number of carbonyl (C=O) groups excluding carboxylic acids is 3. The number of urea groups is 2. The number of hydrogen-bond donors (Lipinski definition) is 3. The van der Waals surface area contributed by atoms with Crippen LogP contribution in [0.25, 0.3) is 0 Å². The molecule has 2 heterocycles. The van der Waals surface area contributed by atoms with E-state index in [1.807, 2.05) is 30.3 Å². The zero-order valence-electron chi connectivity index (χ0n) is 20.6. The third-order valence-electron chi connectivity index (χ3n) is 6.78. The Balaban J connectivity index is 1.22. The molecule has 1 aliphatic carbocycles. The average molecular weight is 574 g/mol. The summed E-state index contributed by atoms with van der Waals surface area (Å²) in [5, 5.41) is 8.05. The maximum Gasteiger partial charge on any atom is 0.501 e. The number of sulfone groups is 1. The Bertz CT molecular complexity index is 1580. The number of nitrogens with one attached hydrogen (secondary N) is 3. The Labute approximate surface area is 226 Å². The Morgan fingerprint density at radius 1 is 1.05 bits per heavy atom. The normalized spacial score (nSPS) is 20.4. The van der Waals surface area contributed by atoms with E-state index in [1.54, 1.807) is 12.1 Å². The quantitative estimate of drug-likeness (QED) is 0.368. The fraction of sp³-hybridized carbons (Fsp3) is 0.231.